The average Bonchev–Trinajstić information content (AvgIpc) is 2.66. The molecule has 2 aliphatic rings. The van der Waals surface area contributed by atoms with E-state index in [-0.39, 0.29) is 28.3 Å². The van der Waals surface area contributed by atoms with E-state index < -0.39 is 0 Å². The molecule has 140 valence electrons. The van der Waals surface area contributed by atoms with Gasteiger partial charge in [0.15, 0.2) is 0 Å². The average molecular weight is 460 g/mol. The van der Waals surface area contributed by atoms with E-state index in [1.54, 1.807) is 12.4 Å². The van der Waals surface area contributed by atoms with Crippen LogP contribution in [0, 0.1) is 6.38 Å². The summed E-state index contributed by atoms with van der Waals surface area (Å²) in [7, 11) is 1.80. The van der Waals surface area contributed by atoms with Crippen LogP contribution < -0.4 is 10.0 Å². The third kappa shape index (κ3) is 6.29. The van der Waals surface area contributed by atoms with Gasteiger partial charge in [0.1, 0.15) is 5.75 Å². The molecular formula is C20H31ClOPPd-. The molecule has 0 unspecified atom stereocenters. The molecule has 0 aliphatic heterocycles. The molecule has 0 spiro atoms. The Morgan fingerprint density at radius 1 is 0.917 bits per heavy atom. The standard InChI is InChI=1S/C19H29OP.CH2Cl.Pd/c1-20-16-9-8-14-19(15-16)21(17-10-4-2-5-11-17)18-12-6-3-7-13-18;1-2;/h8-9,14-15,17-18H,2-7,10-13H2,1H3;1H2;/q;-1;. The molecule has 0 aromatic heterocycles. The Kier molecular flexibility index (Phi) is 11.9. The van der Waals surface area contributed by atoms with Gasteiger partial charge >= 0.3 is 0 Å². The zero-order valence-electron chi connectivity index (χ0n) is 14.8. The molecule has 1 aromatic rings. The zero-order chi connectivity index (χ0) is 16.5. The topological polar surface area (TPSA) is 9.23 Å². The van der Waals surface area contributed by atoms with Crippen molar-refractivity contribution in [1.82, 2.24) is 0 Å². The van der Waals surface area contributed by atoms with Crippen molar-refractivity contribution in [2.75, 3.05) is 7.11 Å². The second-order valence-corrected chi connectivity index (χ2v) is 9.48. The number of halogens is 1. The van der Waals surface area contributed by atoms with E-state index in [2.05, 4.69) is 42.2 Å². The first kappa shape index (κ1) is 22.4. The van der Waals surface area contributed by atoms with Crippen LogP contribution in [-0.4, -0.2) is 18.4 Å². The number of methoxy groups -OCH3 is 1. The molecule has 2 saturated carbocycles. The van der Waals surface area contributed by atoms with Crippen molar-refractivity contribution in [1.29, 1.82) is 0 Å². The summed E-state index contributed by atoms with van der Waals surface area (Å²) < 4.78 is 5.49. The van der Waals surface area contributed by atoms with Crippen molar-refractivity contribution < 1.29 is 25.2 Å². The van der Waals surface area contributed by atoms with Crippen molar-refractivity contribution >= 4 is 24.8 Å². The van der Waals surface area contributed by atoms with Gasteiger partial charge < -0.3 is 16.3 Å². The first-order valence-electron chi connectivity index (χ1n) is 9.07. The normalized spacial score (nSPS) is 19.2. The molecule has 1 aromatic carbocycles. The molecule has 2 aliphatic carbocycles. The molecule has 24 heavy (non-hydrogen) atoms. The quantitative estimate of drug-likeness (QED) is 0.284. The summed E-state index contributed by atoms with van der Waals surface area (Å²) in [5, 5.41) is 1.61. The van der Waals surface area contributed by atoms with Crippen molar-refractivity contribution in [3.8, 4) is 5.75 Å². The van der Waals surface area contributed by atoms with Gasteiger partial charge in [-0.3, -0.25) is 6.38 Å². The number of benzene rings is 1. The summed E-state index contributed by atoms with van der Waals surface area (Å²) in [4.78, 5) is 0. The van der Waals surface area contributed by atoms with Crippen molar-refractivity contribution in [3.63, 3.8) is 0 Å². The molecule has 0 N–H and O–H groups in total. The molecule has 0 saturated heterocycles. The summed E-state index contributed by atoms with van der Waals surface area (Å²) in [5.74, 6) is 1.05. The second kappa shape index (κ2) is 12.7. The first-order chi connectivity index (χ1) is 11.4. The fourth-order valence-electron chi connectivity index (χ4n) is 4.21. The number of ether oxygens (including phenoxy) is 1. The predicted molar refractivity (Wildman–Crippen MR) is 105 cm³/mol. The first-order valence-corrected chi connectivity index (χ1v) is 11.1. The molecule has 1 nitrogen and oxygen atoms in total. The summed E-state index contributed by atoms with van der Waals surface area (Å²) in [6.45, 7) is 0. The van der Waals surface area contributed by atoms with Gasteiger partial charge in [-0.15, -0.1) is 0 Å². The smallest absolute Gasteiger partial charge is 0.119 e. The van der Waals surface area contributed by atoms with Gasteiger partial charge in [-0.1, -0.05) is 58.6 Å². The molecule has 0 atom stereocenters. The van der Waals surface area contributed by atoms with Crippen LogP contribution in [0.2, 0.25) is 0 Å². The van der Waals surface area contributed by atoms with E-state index in [1.165, 1.54) is 64.2 Å². The van der Waals surface area contributed by atoms with E-state index in [1.807, 2.05) is 0 Å². The summed E-state index contributed by atoms with van der Waals surface area (Å²) in [6, 6.07) is 9.03. The molecular weight excluding hydrogens is 429 g/mol. The number of hydrogen-bond donors (Lipinski definition) is 0. The molecule has 3 rings (SSSR count). The Labute approximate surface area is 168 Å². The van der Waals surface area contributed by atoms with E-state index in [0.717, 1.165) is 17.1 Å². The van der Waals surface area contributed by atoms with Gasteiger partial charge in [0.05, 0.1) is 7.11 Å². The van der Waals surface area contributed by atoms with Gasteiger partial charge in [-0.25, -0.2) is 0 Å². The molecule has 0 radical (unpaired) electrons. The van der Waals surface area contributed by atoms with Gasteiger partial charge in [-0.05, 0) is 54.4 Å². The van der Waals surface area contributed by atoms with E-state index in [0.29, 0.717) is 0 Å². The Morgan fingerprint density at radius 3 is 1.88 bits per heavy atom. The maximum Gasteiger partial charge on any atom is 0.119 e. The van der Waals surface area contributed by atoms with E-state index in [9.17, 15) is 0 Å². The van der Waals surface area contributed by atoms with Gasteiger partial charge in [-0.2, -0.15) is 0 Å². The van der Waals surface area contributed by atoms with Crippen LogP contribution >= 0.6 is 19.5 Å². The summed E-state index contributed by atoms with van der Waals surface area (Å²) >= 11 is 4.39. The Balaban J connectivity index is 0.000000925. The molecule has 4 heteroatoms. The van der Waals surface area contributed by atoms with Crippen LogP contribution in [0.25, 0.3) is 0 Å². The summed E-state index contributed by atoms with van der Waals surface area (Å²) in [5.41, 5.74) is 1.95. The third-order valence-corrected chi connectivity index (χ3v) is 8.77. The van der Waals surface area contributed by atoms with Crippen LogP contribution in [0.1, 0.15) is 64.2 Å². The van der Waals surface area contributed by atoms with E-state index >= 15 is 0 Å². The zero-order valence-corrected chi connectivity index (χ0v) is 18.0. The van der Waals surface area contributed by atoms with Crippen LogP contribution in [-0.2, 0) is 20.4 Å². The van der Waals surface area contributed by atoms with Crippen LogP contribution in [0.3, 0.4) is 0 Å². The maximum absolute atomic E-state index is 5.49. The predicted octanol–water partition coefficient (Wildman–Crippen LogP) is 6.48. The fourth-order valence-corrected chi connectivity index (χ4v) is 8.03. The Morgan fingerprint density at radius 2 is 1.42 bits per heavy atom. The van der Waals surface area contributed by atoms with Gasteiger partial charge in [0.25, 0.3) is 0 Å². The van der Waals surface area contributed by atoms with Crippen LogP contribution in [0.5, 0.6) is 5.75 Å². The maximum atomic E-state index is 5.49. The molecule has 0 amide bonds. The minimum atomic E-state index is 0. The van der Waals surface area contributed by atoms with Crippen molar-refractivity contribution in [2.45, 2.75) is 75.5 Å². The molecule has 0 heterocycles. The van der Waals surface area contributed by atoms with Crippen molar-refractivity contribution in [2.24, 2.45) is 0 Å². The second-order valence-electron chi connectivity index (χ2n) is 6.69. The van der Waals surface area contributed by atoms with Gasteiger partial charge in [0.2, 0.25) is 0 Å². The van der Waals surface area contributed by atoms with Crippen molar-refractivity contribution in [3.05, 3.63) is 30.6 Å². The van der Waals surface area contributed by atoms with Gasteiger partial charge in [0, 0.05) is 20.4 Å². The number of hydrogen-bond acceptors (Lipinski definition) is 1. The number of rotatable bonds is 4. The Hall–Kier alpha value is 0.402. The SMILES string of the molecule is COc1cccc(P(C2CCCCC2)C2CCCCC2)c1.[CH2-]Cl.[Pd]. The summed E-state index contributed by atoms with van der Waals surface area (Å²) in [6.07, 6.45) is 17.4. The third-order valence-electron chi connectivity index (χ3n) is 5.29. The largest absolute Gasteiger partial charge is 0.497 e. The monoisotopic (exact) mass is 459 g/mol. The fraction of sp³-hybridized carbons (Fsp3) is 0.650. The minimum Gasteiger partial charge on any atom is -0.497 e. The minimum absolute atomic E-state index is 0. The molecule has 0 bridgehead atoms. The van der Waals surface area contributed by atoms with E-state index in [4.69, 9.17) is 4.74 Å². The van der Waals surface area contributed by atoms with Crippen LogP contribution in [0.15, 0.2) is 24.3 Å². The molecule has 2 fully saturated rings. The Bertz CT molecular complexity index is 427. The van der Waals surface area contributed by atoms with Crippen LogP contribution in [0.4, 0.5) is 0 Å².